The molecule has 1 N–H and O–H groups in total. The van der Waals surface area contributed by atoms with Crippen molar-refractivity contribution < 1.29 is 23.8 Å². The molecule has 0 aromatic heterocycles. The van der Waals surface area contributed by atoms with Gasteiger partial charge >= 0.3 is 12.1 Å². The largest absolute Gasteiger partial charge is 0.461 e. The minimum atomic E-state index is -0.736. The first-order valence-corrected chi connectivity index (χ1v) is 6.49. The number of amides is 1. The van der Waals surface area contributed by atoms with Crippen LogP contribution in [0.2, 0.25) is 0 Å². The van der Waals surface area contributed by atoms with Crippen LogP contribution >= 0.6 is 0 Å². The Hall–Kier alpha value is -1.92. The fraction of sp³-hybridized carbons (Fsp3) is 0.692. The summed E-state index contributed by atoms with van der Waals surface area (Å²) in [5.74, 6) is -0.546. The average Bonchev–Trinajstić information content (AvgIpc) is 2.40. The van der Waals surface area contributed by atoms with Gasteiger partial charge in [0, 0.05) is 11.0 Å². The summed E-state index contributed by atoms with van der Waals surface area (Å²) >= 11 is 0. The van der Waals surface area contributed by atoms with Crippen molar-refractivity contribution in [2.24, 2.45) is 0 Å². The Balaban J connectivity index is 3.90. The fourth-order valence-electron chi connectivity index (χ4n) is 1.25. The van der Waals surface area contributed by atoms with Crippen molar-refractivity contribution in [1.29, 1.82) is 0 Å². The van der Waals surface area contributed by atoms with Crippen molar-refractivity contribution in [3.63, 3.8) is 0 Å². The van der Waals surface area contributed by atoms with Gasteiger partial charge in [-0.05, 0) is 25.5 Å². The lowest BCUT2D eigenvalue weighted by atomic mass is 10.1. The number of hydrogen-bond donors (Lipinski definition) is 1. The molecule has 0 aliphatic carbocycles. The Morgan fingerprint density at radius 2 is 2.05 bits per heavy atom. The lowest BCUT2D eigenvalue weighted by Gasteiger charge is -2.23. The summed E-state index contributed by atoms with van der Waals surface area (Å²) in [5, 5.41) is 2.46. The number of nitroso groups, excluding NO2 is 1. The van der Waals surface area contributed by atoms with E-state index < -0.39 is 17.7 Å². The lowest BCUT2D eigenvalue weighted by Crippen LogP contribution is -2.37. The number of carbonyl (C=O) groups is 2. The van der Waals surface area contributed by atoms with Gasteiger partial charge in [-0.3, -0.25) is 0 Å². The highest BCUT2D eigenvalue weighted by Gasteiger charge is 2.25. The van der Waals surface area contributed by atoms with Gasteiger partial charge in [-0.15, -0.1) is 0 Å². The van der Waals surface area contributed by atoms with E-state index >= 15 is 0 Å². The molecule has 0 saturated carbocycles. The second-order valence-corrected chi connectivity index (χ2v) is 4.72. The maximum absolute atomic E-state index is 11.5. The first-order valence-electron chi connectivity index (χ1n) is 6.49. The van der Waals surface area contributed by atoms with Crippen LogP contribution in [0.1, 0.15) is 27.2 Å². The summed E-state index contributed by atoms with van der Waals surface area (Å²) < 4.78 is 10.8. The Morgan fingerprint density at radius 3 is 2.60 bits per heavy atom. The molecule has 0 rings (SSSR count). The second kappa shape index (κ2) is 9.06. The van der Waals surface area contributed by atoms with E-state index in [0.29, 0.717) is 19.5 Å². The first-order chi connectivity index (χ1) is 9.30. The molecule has 114 valence electrons. The third kappa shape index (κ3) is 9.07. The van der Waals surface area contributed by atoms with Crippen LogP contribution in [0.5, 0.6) is 0 Å². The number of nitrogens with zero attached hydrogens (tertiary/aromatic N) is 1. The zero-order valence-electron chi connectivity index (χ0n) is 12.3. The van der Waals surface area contributed by atoms with E-state index in [-0.39, 0.29) is 13.2 Å². The Kier molecular flexibility index (Phi) is 8.19. The molecular weight excluding hydrogens is 264 g/mol. The molecular formula is C13H23N2O5+. The summed E-state index contributed by atoms with van der Waals surface area (Å²) in [6, 6.07) is 0. The van der Waals surface area contributed by atoms with Crippen LogP contribution in [0.15, 0.2) is 12.7 Å². The third-order valence-corrected chi connectivity index (χ3v) is 2.47. The zero-order chi connectivity index (χ0) is 15.6. The smallest absolute Gasteiger partial charge is 0.407 e. The summed E-state index contributed by atoms with van der Waals surface area (Å²) in [4.78, 5) is 33.4. The number of carbonyl (C=O) groups excluding carboxylic acids is 2. The predicted octanol–water partition coefficient (Wildman–Crippen LogP) is 1.41. The molecule has 1 amide bonds. The molecule has 0 saturated heterocycles. The molecule has 0 aliphatic heterocycles. The molecule has 7 nitrogen and oxygen atoms in total. The highest BCUT2D eigenvalue weighted by atomic mass is 16.6. The summed E-state index contributed by atoms with van der Waals surface area (Å²) in [6.07, 6.45) is 0.867. The van der Waals surface area contributed by atoms with Gasteiger partial charge in [0.15, 0.2) is 13.1 Å². The number of rotatable bonds is 9. The van der Waals surface area contributed by atoms with E-state index in [0.717, 1.165) is 10.8 Å². The molecule has 0 bridgehead atoms. The molecule has 0 spiro atoms. The van der Waals surface area contributed by atoms with E-state index in [4.69, 9.17) is 4.74 Å². The van der Waals surface area contributed by atoms with E-state index in [9.17, 15) is 14.5 Å². The molecule has 20 heavy (non-hydrogen) atoms. The minimum Gasteiger partial charge on any atom is -0.461 e. The van der Waals surface area contributed by atoms with Gasteiger partial charge < -0.3 is 14.8 Å². The molecule has 0 aliphatic rings. The van der Waals surface area contributed by atoms with Crippen LogP contribution in [-0.2, 0) is 14.3 Å². The number of ether oxygens (including phenoxy) is 2. The van der Waals surface area contributed by atoms with Gasteiger partial charge in [-0.1, -0.05) is 6.58 Å². The molecule has 0 radical (unpaired) electrons. The van der Waals surface area contributed by atoms with Gasteiger partial charge in [0.25, 0.3) is 0 Å². The normalized spacial score (nSPS) is 10.6. The van der Waals surface area contributed by atoms with Crippen LogP contribution in [0, 0.1) is 4.91 Å². The molecule has 0 fully saturated rings. The monoisotopic (exact) mass is 287 g/mol. The SMILES string of the molecule is C=CC(=O)OCCNC(=O)OC(C)(C)CC[N+](=O)CC. The van der Waals surface area contributed by atoms with Crippen LogP contribution in [0.4, 0.5) is 4.79 Å². The molecule has 0 atom stereocenters. The molecule has 0 aromatic carbocycles. The standard InChI is InChI=1S/C13H22N2O5/c1-5-11(16)19-10-8-14-12(17)20-13(3,4)7-9-15(18)6-2/h5H,1,6-10H2,2-4H3/p+1. The number of nitrogens with one attached hydrogen (secondary N) is 1. The summed E-state index contributed by atoms with van der Waals surface area (Å²) in [6.45, 7) is 9.37. The van der Waals surface area contributed by atoms with Crippen LogP contribution in [0.25, 0.3) is 0 Å². The van der Waals surface area contributed by atoms with Crippen molar-refractivity contribution in [3.05, 3.63) is 17.6 Å². The molecule has 0 aromatic rings. The topological polar surface area (TPSA) is 84.7 Å². The van der Waals surface area contributed by atoms with E-state index in [1.54, 1.807) is 20.8 Å². The van der Waals surface area contributed by atoms with Gasteiger partial charge in [0.05, 0.1) is 13.0 Å². The Morgan fingerprint density at radius 1 is 1.40 bits per heavy atom. The van der Waals surface area contributed by atoms with E-state index in [1.807, 2.05) is 0 Å². The van der Waals surface area contributed by atoms with Gasteiger partial charge in [0.2, 0.25) is 0 Å². The maximum atomic E-state index is 11.5. The van der Waals surface area contributed by atoms with Gasteiger partial charge in [0.1, 0.15) is 12.2 Å². The summed E-state index contributed by atoms with van der Waals surface area (Å²) in [7, 11) is 0. The second-order valence-electron chi connectivity index (χ2n) is 4.72. The molecule has 0 heterocycles. The number of esters is 1. The van der Waals surface area contributed by atoms with E-state index in [2.05, 4.69) is 16.6 Å². The van der Waals surface area contributed by atoms with Crippen LogP contribution in [-0.4, -0.2) is 48.7 Å². The van der Waals surface area contributed by atoms with Crippen molar-refractivity contribution in [2.45, 2.75) is 32.8 Å². The molecule has 7 heteroatoms. The lowest BCUT2D eigenvalue weighted by molar-refractivity contribution is -0.547. The Labute approximate surface area is 118 Å². The summed E-state index contributed by atoms with van der Waals surface area (Å²) in [5.41, 5.74) is -0.736. The highest BCUT2D eigenvalue weighted by Crippen LogP contribution is 2.14. The average molecular weight is 287 g/mol. The van der Waals surface area contributed by atoms with Gasteiger partial charge in [-0.2, -0.15) is 0 Å². The quantitative estimate of drug-likeness (QED) is 0.300. The van der Waals surface area contributed by atoms with Crippen LogP contribution < -0.4 is 5.32 Å². The van der Waals surface area contributed by atoms with Crippen molar-refractivity contribution in [3.8, 4) is 0 Å². The van der Waals surface area contributed by atoms with Gasteiger partial charge in [-0.25, -0.2) is 9.59 Å². The first kappa shape index (κ1) is 18.1. The number of alkyl carbamates (subject to hydrolysis) is 1. The van der Waals surface area contributed by atoms with E-state index in [1.165, 1.54) is 0 Å². The van der Waals surface area contributed by atoms with Crippen molar-refractivity contribution in [1.82, 2.24) is 5.32 Å². The predicted molar refractivity (Wildman–Crippen MR) is 73.4 cm³/mol. The van der Waals surface area contributed by atoms with Crippen molar-refractivity contribution >= 4 is 12.1 Å². The minimum absolute atomic E-state index is 0.0462. The highest BCUT2D eigenvalue weighted by molar-refractivity contribution is 5.81. The van der Waals surface area contributed by atoms with Crippen LogP contribution in [0.3, 0.4) is 0 Å². The zero-order valence-corrected chi connectivity index (χ0v) is 12.3. The molecule has 0 unspecified atom stereocenters. The third-order valence-electron chi connectivity index (χ3n) is 2.47. The fourth-order valence-corrected chi connectivity index (χ4v) is 1.25. The number of hydrogen-bond acceptors (Lipinski definition) is 5. The maximum Gasteiger partial charge on any atom is 0.407 e. The Bertz CT molecular complexity index is 366. The van der Waals surface area contributed by atoms with Crippen molar-refractivity contribution in [2.75, 3.05) is 26.2 Å².